The van der Waals surface area contributed by atoms with Crippen LogP contribution in [0.4, 0.5) is 0 Å². The fraction of sp³-hybridized carbons (Fsp3) is 0.512. The van der Waals surface area contributed by atoms with E-state index in [1.54, 1.807) is 6.92 Å². The van der Waals surface area contributed by atoms with Crippen LogP contribution < -0.4 is 47.4 Å². The molecular weight excluding hydrogens is 1260 g/mol. The van der Waals surface area contributed by atoms with Crippen molar-refractivity contribution < 1.29 is 43.0 Å². The molecule has 15 heteroatoms. The van der Waals surface area contributed by atoms with Crippen LogP contribution in [0.25, 0.3) is 0 Å². The number of carbonyl (C=O) groups excluding carboxylic acids is 6. The van der Waals surface area contributed by atoms with E-state index >= 15 is 0 Å². The summed E-state index contributed by atoms with van der Waals surface area (Å²) in [5.41, 5.74) is 23.8. The Morgan fingerprint density at radius 3 is 0.861 bits per heavy atom. The molecule has 0 saturated carbocycles. The minimum atomic E-state index is -0.588. The zero-order chi connectivity index (χ0) is 74.4. The Hall–Kier alpha value is -7.98. The van der Waals surface area contributed by atoms with E-state index in [0.29, 0.717) is 76.5 Å². The quantitative estimate of drug-likeness (QED) is 0.0210. The predicted molar refractivity (Wildman–Crippen MR) is 413 cm³/mol. The molecule has 552 valence electrons. The highest BCUT2D eigenvalue weighted by Crippen LogP contribution is 2.31. The molecule has 0 aliphatic carbocycles. The lowest BCUT2D eigenvalue weighted by Crippen LogP contribution is -2.45. The Bertz CT molecular complexity index is 3310. The van der Waals surface area contributed by atoms with Gasteiger partial charge in [-0.2, -0.15) is 0 Å². The van der Waals surface area contributed by atoms with E-state index in [4.69, 9.17) is 31.4 Å². The van der Waals surface area contributed by atoms with Crippen LogP contribution in [0.3, 0.4) is 0 Å². The summed E-state index contributed by atoms with van der Waals surface area (Å²) in [5.74, 6) is 2.95. The summed E-state index contributed by atoms with van der Waals surface area (Å²) in [6.07, 6.45) is 8.70. The SMILES string of the molecule is CCCC(C)COc1ccc([C@H](CNC(=O)[C@@H](N)C(C)C)CC(=O)[C@@H](C)c2ccccc2)cc1.CCCC(C)COc1ccc([C@H](CNC(=O)[C@H](C)N)CC(=O)[C@@H](C)c2ccccc2)cc1.CCCC(C)COc1ccc([C@H](CNC(=O)[C@H](N)[C@H](C)CC)CC(=O)C(C)c2ccccc2)cc1. The molecule has 4 unspecified atom stereocenters. The van der Waals surface area contributed by atoms with Gasteiger partial charge in [0.2, 0.25) is 17.7 Å². The molecule has 0 aliphatic rings. The Labute approximate surface area is 606 Å². The third-order valence-electron chi connectivity index (χ3n) is 19.3. The molecule has 0 aromatic heterocycles. The van der Waals surface area contributed by atoms with Gasteiger partial charge in [-0.3, -0.25) is 28.8 Å². The first-order valence-electron chi connectivity index (χ1n) is 37.3. The van der Waals surface area contributed by atoms with Crippen molar-refractivity contribution in [3.63, 3.8) is 0 Å². The summed E-state index contributed by atoms with van der Waals surface area (Å²) in [7, 11) is 0. The number of carbonyl (C=O) groups is 6. The van der Waals surface area contributed by atoms with Crippen molar-refractivity contribution in [3.05, 3.63) is 197 Å². The van der Waals surface area contributed by atoms with Crippen molar-refractivity contribution in [1.29, 1.82) is 0 Å². The standard InChI is InChI=1S/C30H44N2O3.C29H42N2O3.C27H38N2O3/c1-6-11-21(3)20-35-27-16-14-25(15-17-27)26(19-32-30(34)29(31)22(4)7-2)18-28(33)23(5)24-12-9-8-10-13-24;1-6-10-21(4)19-34-26-15-13-24(14-16-26)25(18-31-29(33)28(30)20(2)3)17-27(32)22(5)23-11-8-7-9-12-23;1-5-9-19(2)18-32-25-14-12-23(13-15-25)24(17-29-27(31)21(4)28)16-26(30)20(3)22-10-7-6-8-11-22/h8-10,12-17,21-23,26,29H,6-7,11,18-20,31H2,1-5H3,(H,32,34);7-9,11-16,20-22,25,28H,6,10,17-19,30H2,1-5H3,(H,31,33);6-8,10-15,19-21,24H,5,9,16-18,28H2,1-4H3,(H,29,31)/t21?,22-,23?,26+,29-;21?,22-,25-,28-;19?,20-,21-,24-/m100/s1. The predicted octanol–water partition coefficient (Wildman–Crippen LogP) is 16.1. The molecule has 0 fully saturated rings. The second kappa shape index (κ2) is 46.5. The van der Waals surface area contributed by atoms with E-state index in [0.717, 1.165) is 95.6 Å². The minimum absolute atomic E-state index is 0.0460. The van der Waals surface area contributed by atoms with Gasteiger partial charge in [-0.25, -0.2) is 0 Å². The van der Waals surface area contributed by atoms with Crippen LogP contribution >= 0.6 is 0 Å². The first kappa shape index (κ1) is 85.4. The number of benzene rings is 6. The van der Waals surface area contributed by atoms with E-state index < -0.39 is 18.1 Å². The average Bonchev–Trinajstić information content (AvgIpc) is 0.865. The summed E-state index contributed by atoms with van der Waals surface area (Å²) in [5, 5.41) is 8.86. The summed E-state index contributed by atoms with van der Waals surface area (Å²) < 4.78 is 17.8. The van der Waals surface area contributed by atoms with Crippen LogP contribution in [0.1, 0.15) is 230 Å². The Kier molecular flexibility index (Phi) is 39.3. The Balaban J connectivity index is 0.000000322. The van der Waals surface area contributed by atoms with Gasteiger partial charge in [0, 0.05) is 74.4 Å². The number of Topliss-reactive ketones (excluding diaryl/α,β-unsaturated/α-hetero) is 3. The smallest absolute Gasteiger partial charge is 0.237 e. The van der Waals surface area contributed by atoms with Gasteiger partial charge in [0.25, 0.3) is 0 Å². The molecular formula is C86H124N6O9. The monoisotopic (exact) mass is 1380 g/mol. The number of amides is 3. The maximum Gasteiger partial charge on any atom is 0.237 e. The van der Waals surface area contributed by atoms with Crippen LogP contribution in [0.5, 0.6) is 17.2 Å². The maximum atomic E-state index is 13.2. The van der Waals surface area contributed by atoms with Crippen molar-refractivity contribution in [2.24, 2.45) is 46.8 Å². The van der Waals surface area contributed by atoms with Crippen LogP contribution in [-0.4, -0.2) is 92.7 Å². The molecule has 0 saturated heterocycles. The van der Waals surface area contributed by atoms with E-state index in [-0.39, 0.29) is 82.4 Å². The van der Waals surface area contributed by atoms with Crippen LogP contribution in [0.15, 0.2) is 164 Å². The summed E-state index contributed by atoms with van der Waals surface area (Å²) in [6, 6.07) is 51.4. The first-order valence-corrected chi connectivity index (χ1v) is 37.3. The van der Waals surface area contributed by atoms with Gasteiger partial charge in [0.05, 0.1) is 37.9 Å². The highest BCUT2D eigenvalue weighted by molar-refractivity contribution is 5.88. The third-order valence-corrected chi connectivity index (χ3v) is 19.3. The molecule has 3 amide bonds. The molecule has 0 radical (unpaired) electrons. The minimum Gasteiger partial charge on any atom is -0.493 e. The van der Waals surface area contributed by atoms with E-state index in [9.17, 15) is 28.8 Å². The highest BCUT2D eigenvalue weighted by atomic mass is 16.5. The fourth-order valence-electron chi connectivity index (χ4n) is 11.8. The molecule has 0 bridgehead atoms. The van der Waals surface area contributed by atoms with Crippen molar-refractivity contribution in [2.75, 3.05) is 39.5 Å². The van der Waals surface area contributed by atoms with Crippen LogP contribution in [0.2, 0.25) is 0 Å². The normalized spacial score (nSPS) is 15.0. The lowest BCUT2D eigenvalue weighted by atomic mass is 9.87. The number of nitrogens with one attached hydrogen (secondary N) is 3. The summed E-state index contributed by atoms with van der Waals surface area (Å²) in [6.45, 7) is 31.6. The van der Waals surface area contributed by atoms with E-state index in [1.165, 1.54) is 0 Å². The number of ether oxygens (including phenoxy) is 3. The topological polar surface area (TPSA) is 244 Å². The highest BCUT2D eigenvalue weighted by Gasteiger charge is 2.28. The first-order chi connectivity index (χ1) is 48.3. The Morgan fingerprint density at radius 2 is 0.614 bits per heavy atom. The number of ketones is 3. The van der Waals surface area contributed by atoms with E-state index in [2.05, 4.69) is 57.5 Å². The van der Waals surface area contributed by atoms with Crippen molar-refractivity contribution in [3.8, 4) is 17.2 Å². The van der Waals surface area contributed by atoms with Crippen LogP contribution in [-0.2, 0) is 28.8 Å². The second-order valence-electron chi connectivity index (χ2n) is 28.5. The molecule has 101 heavy (non-hydrogen) atoms. The second-order valence-corrected chi connectivity index (χ2v) is 28.5. The van der Waals surface area contributed by atoms with Crippen molar-refractivity contribution in [1.82, 2.24) is 16.0 Å². The summed E-state index contributed by atoms with van der Waals surface area (Å²) >= 11 is 0. The van der Waals surface area contributed by atoms with E-state index in [1.807, 2.05) is 212 Å². The molecule has 9 N–H and O–H groups in total. The van der Waals surface area contributed by atoms with Crippen molar-refractivity contribution >= 4 is 35.1 Å². The molecule has 15 nitrogen and oxygen atoms in total. The molecule has 0 heterocycles. The average molecular weight is 1390 g/mol. The maximum absolute atomic E-state index is 13.2. The largest absolute Gasteiger partial charge is 0.493 e. The summed E-state index contributed by atoms with van der Waals surface area (Å²) in [4.78, 5) is 76.6. The van der Waals surface area contributed by atoms with Gasteiger partial charge >= 0.3 is 0 Å². The molecule has 6 aromatic rings. The lowest BCUT2D eigenvalue weighted by molar-refractivity contribution is -0.124. The van der Waals surface area contributed by atoms with Gasteiger partial charge in [0.1, 0.15) is 34.6 Å². The third kappa shape index (κ3) is 31.0. The molecule has 0 aliphatic heterocycles. The fourth-order valence-corrected chi connectivity index (χ4v) is 11.8. The van der Waals surface area contributed by atoms with Crippen LogP contribution in [0, 0.1) is 29.6 Å². The number of rotatable bonds is 42. The van der Waals surface area contributed by atoms with Gasteiger partial charge in [-0.15, -0.1) is 0 Å². The van der Waals surface area contributed by atoms with Crippen molar-refractivity contribution in [2.45, 2.75) is 215 Å². The molecule has 6 aromatic carbocycles. The zero-order valence-corrected chi connectivity index (χ0v) is 63.4. The lowest BCUT2D eigenvalue weighted by Gasteiger charge is -2.23. The Morgan fingerprint density at radius 1 is 0.347 bits per heavy atom. The molecule has 13 atom stereocenters. The molecule has 6 rings (SSSR count). The number of hydrogen-bond acceptors (Lipinski definition) is 12. The van der Waals surface area contributed by atoms with Gasteiger partial charge in [-0.1, -0.05) is 243 Å². The van der Waals surface area contributed by atoms with Gasteiger partial charge < -0.3 is 47.4 Å². The van der Waals surface area contributed by atoms with Gasteiger partial charge in [0.15, 0.2) is 0 Å². The molecule has 0 spiro atoms. The van der Waals surface area contributed by atoms with Gasteiger partial charge in [-0.05, 0) is 126 Å². The number of hydrogen-bond donors (Lipinski definition) is 6. The number of nitrogens with two attached hydrogens (primary N) is 3. The zero-order valence-electron chi connectivity index (χ0n) is 63.4.